The number of ether oxygens (including phenoxy) is 1. The van der Waals surface area contributed by atoms with Crippen molar-refractivity contribution >= 4 is 17.5 Å². The van der Waals surface area contributed by atoms with Gasteiger partial charge in [0.25, 0.3) is 5.91 Å². The third-order valence-electron chi connectivity index (χ3n) is 5.42. The molecule has 1 N–H and O–H groups in total. The van der Waals surface area contributed by atoms with E-state index in [-0.39, 0.29) is 17.4 Å². The topological polar surface area (TPSA) is 58.6 Å². The van der Waals surface area contributed by atoms with Crippen LogP contribution in [0.15, 0.2) is 18.2 Å². The fourth-order valence-electron chi connectivity index (χ4n) is 3.82. The highest BCUT2D eigenvalue weighted by Gasteiger charge is 2.49. The molecule has 1 saturated heterocycles. The highest BCUT2D eigenvalue weighted by molar-refractivity contribution is 5.98. The quantitative estimate of drug-likeness (QED) is 0.910. The van der Waals surface area contributed by atoms with Gasteiger partial charge in [-0.1, -0.05) is 0 Å². The first-order valence-electron chi connectivity index (χ1n) is 8.40. The molecule has 1 atom stereocenters. The largest absolute Gasteiger partial charge is 0.377 e. The monoisotopic (exact) mass is 314 g/mol. The average Bonchev–Trinajstić information content (AvgIpc) is 3.39. The van der Waals surface area contributed by atoms with Gasteiger partial charge in [0.05, 0.1) is 18.8 Å². The summed E-state index contributed by atoms with van der Waals surface area (Å²) in [6.07, 6.45) is 3.55. The lowest BCUT2D eigenvalue weighted by molar-refractivity contribution is -0.116. The predicted octanol–water partition coefficient (Wildman–Crippen LogP) is 2.21. The maximum absolute atomic E-state index is 13.1. The van der Waals surface area contributed by atoms with E-state index >= 15 is 0 Å². The van der Waals surface area contributed by atoms with Gasteiger partial charge in [-0.05, 0) is 55.9 Å². The molecule has 2 heterocycles. The Morgan fingerprint density at radius 3 is 2.96 bits per heavy atom. The molecule has 0 bridgehead atoms. The Hall–Kier alpha value is -1.88. The molecule has 1 aromatic rings. The molecule has 1 aliphatic carbocycles. The van der Waals surface area contributed by atoms with E-state index in [1.54, 1.807) is 0 Å². The Balaban J connectivity index is 1.62. The summed E-state index contributed by atoms with van der Waals surface area (Å²) in [6, 6.07) is 5.63. The third-order valence-corrected chi connectivity index (χ3v) is 5.42. The van der Waals surface area contributed by atoms with Crippen LogP contribution in [-0.4, -0.2) is 42.0 Å². The van der Waals surface area contributed by atoms with Crippen LogP contribution in [0.25, 0.3) is 0 Å². The van der Waals surface area contributed by atoms with Crippen molar-refractivity contribution in [3.05, 3.63) is 29.3 Å². The molecule has 1 unspecified atom stereocenters. The van der Waals surface area contributed by atoms with Crippen LogP contribution in [0, 0.1) is 5.92 Å². The normalized spacial score (nSPS) is 27.3. The van der Waals surface area contributed by atoms with Crippen molar-refractivity contribution in [3.8, 4) is 0 Å². The second-order valence-corrected chi connectivity index (χ2v) is 7.06. The van der Waals surface area contributed by atoms with E-state index in [1.165, 1.54) is 12.8 Å². The number of hydrogen-bond acceptors (Lipinski definition) is 3. The minimum atomic E-state index is -0.181. The number of aryl methyl sites for hydroxylation is 1. The van der Waals surface area contributed by atoms with E-state index in [2.05, 4.69) is 12.2 Å². The van der Waals surface area contributed by atoms with Crippen LogP contribution in [0.3, 0.4) is 0 Å². The maximum atomic E-state index is 13.1. The SMILES string of the molecule is CC1(C2CC2)COCCN1C(=O)c1ccc2c(c1)CCC(=O)N2. The van der Waals surface area contributed by atoms with Gasteiger partial charge in [-0.3, -0.25) is 9.59 Å². The second kappa shape index (κ2) is 5.34. The number of nitrogens with zero attached hydrogens (tertiary/aromatic N) is 1. The maximum Gasteiger partial charge on any atom is 0.254 e. The van der Waals surface area contributed by atoms with Gasteiger partial charge in [-0.15, -0.1) is 0 Å². The number of benzene rings is 1. The fraction of sp³-hybridized carbons (Fsp3) is 0.556. The van der Waals surface area contributed by atoms with Crippen LogP contribution >= 0.6 is 0 Å². The van der Waals surface area contributed by atoms with Crippen molar-refractivity contribution in [1.29, 1.82) is 0 Å². The standard InChI is InChI=1S/C18H22N2O3/c1-18(14-4-5-14)11-23-9-8-20(18)17(22)13-2-6-15-12(10-13)3-7-16(21)19-15/h2,6,10,14H,3-5,7-9,11H2,1H3,(H,19,21). The third kappa shape index (κ3) is 2.53. The van der Waals surface area contributed by atoms with Gasteiger partial charge in [0, 0.05) is 24.2 Å². The first-order chi connectivity index (χ1) is 11.1. The van der Waals surface area contributed by atoms with Crippen molar-refractivity contribution < 1.29 is 14.3 Å². The van der Waals surface area contributed by atoms with E-state index in [0.29, 0.717) is 44.1 Å². The fourth-order valence-corrected chi connectivity index (χ4v) is 3.82. The number of amides is 2. The highest BCUT2D eigenvalue weighted by atomic mass is 16.5. The van der Waals surface area contributed by atoms with E-state index in [4.69, 9.17) is 4.74 Å². The van der Waals surface area contributed by atoms with E-state index in [9.17, 15) is 9.59 Å². The van der Waals surface area contributed by atoms with Crippen molar-refractivity contribution in [1.82, 2.24) is 4.90 Å². The number of carbonyl (C=O) groups is 2. The molecular weight excluding hydrogens is 292 g/mol. The van der Waals surface area contributed by atoms with Gasteiger partial charge in [0.1, 0.15) is 0 Å². The summed E-state index contributed by atoms with van der Waals surface area (Å²) < 4.78 is 5.66. The van der Waals surface area contributed by atoms with Gasteiger partial charge in [-0.2, -0.15) is 0 Å². The van der Waals surface area contributed by atoms with Gasteiger partial charge >= 0.3 is 0 Å². The Kier molecular flexibility index (Phi) is 3.41. The molecule has 0 radical (unpaired) electrons. The predicted molar refractivity (Wildman–Crippen MR) is 86.4 cm³/mol. The van der Waals surface area contributed by atoms with Crippen molar-refractivity contribution in [2.45, 2.75) is 38.1 Å². The Morgan fingerprint density at radius 1 is 1.35 bits per heavy atom. The molecule has 1 aromatic carbocycles. The molecule has 5 nitrogen and oxygen atoms in total. The molecule has 0 spiro atoms. The summed E-state index contributed by atoms with van der Waals surface area (Å²) >= 11 is 0. The summed E-state index contributed by atoms with van der Waals surface area (Å²) in [6.45, 7) is 4.04. The minimum absolute atomic E-state index is 0.0473. The number of nitrogens with one attached hydrogen (secondary N) is 1. The summed E-state index contributed by atoms with van der Waals surface area (Å²) in [5, 5.41) is 2.87. The van der Waals surface area contributed by atoms with Crippen LogP contribution in [0.1, 0.15) is 42.1 Å². The first-order valence-corrected chi connectivity index (χ1v) is 8.40. The van der Waals surface area contributed by atoms with E-state index in [1.807, 2.05) is 23.1 Å². The molecule has 23 heavy (non-hydrogen) atoms. The van der Waals surface area contributed by atoms with Crippen molar-refractivity contribution in [2.75, 3.05) is 25.1 Å². The second-order valence-electron chi connectivity index (χ2n) is 7.06. The minimum Gasteiger partial charge on any atom is -0.377 e. The molecule has 2 amide bonds. The van der Waals surface area contributed by atoms with Gasteiger partial charge < -0.3 is 15.0 Å². The number of hydrogen-bond donors (Lipinski definition) is 1. The zero-order valence-corrected chi connectivity index (χ0v) is 13.4. The van der Waals surface area contributed by atoms with Crippen LogP contribution in [-0.2, 0) is 16.0 Å². The Labute approximate surface area is 136 Å². The zero-order valence-electron chi connectivity index (χ0n) is 13.4. The van der Waals surface area contributed by atoms with E-state index < -0.39 is 0 Å². The number of fused-ring (bicyclic) bond motifs is 1. The van der Waals surface area contributed by atoms with Gasteiger partial charge in [-0.25, -0.2) is 0 Å². The van der Waals surface area contributed by atoms with E-state index in [0.717, 1.165) is 11.3 Å². The number of carbonyl (C=O) groups excluding carboxylic acids is 2. The first kappa shape index (κ1) is 14.7. The number of morpholine rings is 1. The van der Waals surface area contributed by atoms with Crippen molar-refractivity contribution in [2.24, 2.45) is 5.92 Å². The van der Waals surface area contributed by atoms with Gasteiger partial charge in [0.15, 0.2) is 0 Å². The molecule has 1 saturated carbocycles. The molecule has 3 aliphatic rings. The number of rotatable bonds is 2. The lowest BCUT2D eigenvalue weighted by Gasteiger charge is -2.45. The lowest BCUT2D eigenvalue weighted by Crippen LogP contribution is -2.58. The summed E-state index contributed by atoms with van der Waals surface area (Å²) in [5.41, 5.74) is 2.43. The lowest BCUT2D eigenvalue weighted by atomic mass is 9.91. The van der Waals surface area contributed by atoms with Crippen LogP contribution in [0.2, 0.25) is 0 Å². The molecule has 0 aromatic heterocycles. The Bertz CT molecular complexity index is 668. The summed E-state index contributed by atoms with van der Waals surface area (Å²) in [5.74, 6) is 0.692. The average molecular weight is 314 g/mol. The molecule has 2 fully saturated rings. The molecular formula is C18H22N2O3. The van der Waals surface area contributed by atoms with Crippen LogP contribution in [0.5, 0.6) is 0 Å². The summed E-state index contributed by atoms with van der Waals surface area (Å²) in [7, 11) is 0. The van der Waals surface area contributed by atoms with Crippen molar-refractivity contribution in [3.63, 3.8) is 0 Å². The van der Waals surface area contributed by atoms with Crippen LogP contribution < -0.4 is 5.32 Å². The van der Waals surface area contributed by atoms with Crippen LogP contribution in [0.4, 0.5) is 5.69 Å². The highest BCUT2D eigenvalue weighted by Crippen LogP contribution is 2.44. The Morgan fingerprint density at radius 2 is 2.17 bits per heavy atom. The smallest absolute Gasteiger partial charge is 0.254 e. The molecule has 4 rings (SSSR count). The molecule has 122 valence electrons. The molecule has 5 heteroatoms. The molecule has 2 aliphatic heterocycles. The van der Waals surface area contributed by atoms with Gasteiger partial charge in [0.2, 0.25) is 5.91 Å². The summed E-state index contributed by atoms with van der Waals surface area (Å²) in [4.78, 5) is 26.6. The zero-order chi connectivity index (χ0) is 16.0. The number of anilines is 1.